The lowest BCUT2D eigenvalue weighted by Crippen LogP contribution is -2.49. The van der Waals surface area contributed by atoms with Crippen molar-refractivity contribution in [3.8, 4) is 0 Å². The number of piperazine rings is 1. The molecule has 1 fully saturated rings. The summed E-state index contributed by atoms with van der Waals surface area (Å²) in [6.07, 6.45) is 3.85. The molecule has 1 aromatic rings. The zero-order valence-electron chi connectivity index (χ0n) is 8.69. The summed E-state index contributed by atoms with van der Waals surface area (Å²) in [5, 5.41) is 7.64. The van der Waals surface area contributed by atoms with E-state index in [2.05, 4.69) is 22.2 Å². The minimum Gasteiger partial charge on any atom is -0.312 e. The smallest absolute Gasteiger partial charge is 0.0536 e. The molecule has 0 radical (unpaired) electrons. The predicted octanol–water partition coefficient (Wildman–Crippen LogP) is 0.177. The molecule has 1 aromatic heterocycles. The Bertz CT molecular complexity index is 257. The van der Waals surface area contributed by atoms with Gasteiger partial charge in [-0.15, -0.1) is 0 Å². The lowest BCUT2D eigenvalue weighted by Gasteiger charge is -2.31. The van der Waals surface area contributed by atoms with E-state index < -0.39 is 0 Å². The maximum atomic E-state index is 4.19. The first-order chi connectivity index (χ1) is 6.84. The second kappa shape index (κ2) is 4.57. The van der Waals surface area contributed by atoms with E-state index in [1.165, 1.54) is 0 Å². The molecule has 4 nitrogen and oxygen atoms in total. The lowest BCUT2D eigenvalue weighted by atomic mass is 10.2. The fourth-order valence-electron chi connectivity index (χ4n) is 1.89. The number of aromatic nitrogens is 2. The van der Waals surface area contributed by atoms with Gasteiger partial charge in [0.15, 0.2) is 0 Å². The molecule has 0 aliphatic carbocycles. The van der Waals surface area contributed by atoms with Crippen molar-refractivity contribution >= 4 is 0 Å². The van der Waals surface area contributed by atoms with Crippen molar-refractivity contribution < 1.29 is 0 Å². The largest absolute Gasteiger partial charge is 0.312 e. The minimum absolute atomic E-state index is 0.626. The lowest BCUT2D eigenvalue weighted by molar-refractivity contribution is 0.198. The van der Waals surface area contributed by atoms with E-state index in [0.717, 1.165) is 32.7 Å². The predicted molar refractivity (Wildman–Crippen MR) is 56.1 cm³/mol. The molecule has 78 valence electrons. The molecule has 0 saturated carbocycles. The molecule has 0 aromatic carbocycles. The van der Waals surface area contributed by atoms with Crippen LogP contribution < -0.4 is 5.32 Å². The van der Waals surface area contributed by atoms with E-state index in [4.69, 9.17) is 0 Å². The van der Waals surface area contributed by atoms with Gasteiger partial charge in [-0.25, -0.2) is 0 Å². The topological polar surface area (TPSA) is 33.1 Å². The third-order valence-corrected chi connectivity index (χ3v) is 2.66. The van der Waals surface area contributed by atoms with Crippen LogP contribution >= 0.6 is 0 Å². The van der Waals surface area contributed by atoms with Crippen LogP contribution in [0.3, 0.4) is 0 Å². The van der Waals surface area contributed by atoms with Gasteiger partial charge in [0.25, 0.3) is 0 Å². The van der Waals surface area contributed by atoms with Crippen LogP contribution in [0.2, 0.25) is 0 Å². The molecule has 14 heavy (non-hydrogen) atoms. The van der Waals surface area contributed by atoms with Gasteiger partial charge in [0.05, 0.1) is 6.54 Å². The van der Waals surface area contributed by atoms with Crippen LogP contribution in [-0.4, -0.2) is 46.9 Å². The normalized spacial score (nSPS) is 23.9. The first kappa shape index (κ1) is 9.68. The van der Waals surface area contributed by atoms with Gasteiger partial charge in [-0.1, -0.05) is 0 Å². The highest BCUT2D eigenvalue weighted by Gasteiger charge is 2.14. The third-order valence-electron chi connectivity index (χ3n) is 2.66. The summed E-state index contributed by atoms with van der Waals surface area (Å²) in [5.41, 5.74) is 0. The Hall–Kier alpha value is -0.870. The zero-order valence-corrected chi connectivity index (χ0v) is 8.69. The summed E-state index contributed by atoms with van der Waals surface area (Å²) in [4.78, 5) is 2.49. The van der Waals surface area contributed by atoms with Gasteiger partial charge >= 0.3 is 0 Å². The SMILES string of the molecule is CC1CN(CCn2cccn2)CCN1. The number of nitrogens with zero attached hydrogens (tertiary/aromatic N) is 3. The molecule has 2 rings (SSSR count). The average molecular weight is 194 g/mol. The standard InChI is InChI=1S/C10H18N4/c1-10-9-13(6-4-11-10)7-8-14-5-2-3-12-14/h2-3,5,10-11H,4,6-9H2,1H3. The Morgan fingerprint density at radius 3 is 3.14 bits per heavy atom. The quantitative estimate of drug-likeness (QED) is 0.745. The van der Waals surface area contributed by atoms with Gasteiger partial charge in [0.1, 0.15) is 0 Å². The molecule has 1 N–H and O–H groups in total. The molecular weight excluding hydrogens is 176 g/mol. The van der Waals surface area contributed by atoms with E-state index >= 15 is 0 Å². The fraction of sp³-hybridized carbons (Fsp3) is 0.700. The number of nitrogens with one attached hydrogen (secondary N) is 1. The van der Waals surface area contributed by atoms with Crippen LogP contribution in [0.4, 0.5) is 0 Å². The highest BCUT2D eigenvalue weighted by Crippen LogP contribution is 1.98. The minimum atomic E-state index is 0.626. The summed E-state index contributed by atoms with van der Waals surface area (Å²) in [7, 11) is 0. The molecular formula is C10H18N4. The van der Waals surface area contributed by atoms with Crippen molar-refractivity contribution in [1.82, 2.24) is 20.0 Å². The van der Waals surface area contributed by atoms with Gasteiger partial charge in [0.2, 0.25) is 0 Å². The summed E-state index contributed by atoms with van der Waals surface area (Å²) in [5.74, 6) is 0. The summed E-state index contributed by atoms with van der Waals surface area (Å²) < 4.78 is 1.99. The molecule has 1 saturated heterocycles. The molecule has 1 atom stereocenters. The van der Waals surface area contributed by atoms with E-state index in [1.54, 1.807) is 0 Å². The summed E-state index contributed by atoms with van der Waals surface area (Å²) >= 11 is 0. The molecule has 1 aliphatic rings. The fourth-order valence-corrected chi connectivity index (χ4v) is 1.89. The highest BCUT2D eigenvalue weighted by molar-refractivity contribution is 4.79. The Labute approximate surface area is 84.9 Å². The van der Waals surface area contributed by atoms with Gasteiger partial charge in [-0.3, -0.25) is 9.58 Å². The van der Waals surface area contributed by atoms with Crippen molar-refractivity contribution in [2.45, 2.75) is 19.5 Å². The first-order valence-corrected chi connectivity index (χ1v) is 5.28. The summed E-state index contributed by atoms with van der Waals surface area (Å²) in [6, 6.07) is 2.60. The Balaban J connectivity index is 1.75. The average Bonchev–Trinajstić information content (AvgIpc) is 2.67. The Morgan fingerprint density at radius 2 is 2.43 bits per heavy atom. The Morgan fingerprint density at radius 1 is 1.50 bits per heavy atom. The van der Waals surface area contributed by atoms with Crippen LogP contribution in [0.1, 0.15) is 6.92 Å². The van der Waals surface area contributed by atoms with E-state index in [9.17, 15) is 0 Å². The second-order valence-corrected chi connectivity index (χ2v) is 3.92. The van der Waals surface area contributed by atoms with E-state index in [0.29, 0.717) is 6.04 Å². The van der Waals surface area contributed by atoms with Gasteiger partial charge in [0, 0.05) is 44.6 Å². The van der Waals surface area contributed by atoms with Gasteiger partial charge in [-0.2, -0.15) is 5.10 Å². The van der Waals surface area contributed by atoms with Crippen LogP contribution in [-0.2, 0) is 6.54 Å². The van der Waals surface area contributed by atoms with Crippen molar-refractivity contribution in [3.63, 3.8) is 0 Å². The van der Waals surface area contributed by atoms with Crippen molar-refractivity contribution in [3.05, 3.63) is 18.5 Å². The molecule has 0 bridgehead atoms. The number of hydrogen-bond acceptors (Lipinski definition) is 3. The van der Waals surface area contributed by atoms with Crippen LogP contribution in [0, 0.1) is 0 Å². The first-order valence-electron chi connectivity index (χ1n) is 5.28. The third kappa shape index (κ3) is 2.56. The molecule has 0 spiro atoms. The van der Waals surface area contributed by atoms with Crippen LogP contribution in [0.15, 0.2) is 18.5 Å². The molecule has 0 amide bonds. The van der Waals surface area contributed by atoms with Gasteiger partial charge < -0.3 is 5.32 Å². The Kier molecular flexibility index (Phi) is 3.16. The molecule has 1 aliphatic heterocycles. The highest BCUT2D eigenvalue weighted by atomic mass is 15.3. The van der Waals surface area contributed by atoms with Crippen molar-refractivity contribution in [2.24, 2.45) is 0 Å². The number of rotatable bonds is 3. The summed E-state index contributed by atoms with van der Waals surface area (Å²) in [6.45, 7) is 7.76. The van der Waals surface area contributed by atoms with Crippen LogP contribution in [0.5, 0.6) is 0 Å². The van der Waals surface area contributed by atoms with Gasteiger partial charge in [-0.05, 0) is 13.0 Å². The second-order valence-electron chi connectivity index (χ2n) is 3.92. The number of hydrogen-bond donors (Lipinski definition) is 1. The van der Waals surface area contributed by atoms with E-state index in [-0.39, 0.29) is 0 Å². The van der Waals surface area contributed by atoms with Crippen molar-refractivity contribution in [2.75, 3.05) is 26.2 Å². The molecule has 1 unspecified atom stereocenters. The maximum absolute atomic E-state index is 4.19. The molecule has 2 heterocycles. The zero-order chi connectivity index (χ0) is 9.80. The maximum Gasteiger partial charge on any atom is 0.0536 e. The van der Waals surface area contributed by atoms with Crippen LogP contribution in [0.25, 0.3) is 0 Å². The van der Waals surface area contributed by atoms with E-state index in [1.807, 2.05) is 23.1 Å². The monoisotopic (exact) mass is 194 g/mol. The van der Waals surface area contributed by atoms with Crippen molar-refractivity contribution in [1.29, 1.82) is 0 Å². The molecule has 4 heteroatoms.